The van der Waals surface area contributed by atoms with E-state index in [2.05, 4.69) is 10.1 Å². The first-order valence-corrected chi connectivity index (χ1v) is 10.1. The lowest BCUT2D eigenvalue weighted by Gasteiger charge is -2.52. The molecule has 0 radical (unpaired) electrons. The van der Waals surface area contributed by atoms with E-state index in [1.54, 1.807) is 29.0 Å². The van der Waals surface area contributed by atoms with E-state index in [1.165, 1.54) is 0 Å². The summed E-state index contributed by atoms with van der Waals surface area (Å²) < 4.78 is 1.63. The molecule has 2 aromatic heterocycles. The minimum Gasteiger partial charge on any atom is -0.385 e. The molecule has 1 saturated carbocycles. The van der Waals surface area contributed by atoms with E-state index in [0.717, 1.165) is 31.2 Å². The van der Waals surface area contributed by atoms with Crippen molar-refractivity contribution in [3.63, 3.8) is 0 Å². The van der Waals surface area contributed by atoms with Gasteiger partial charge >= 0.3 is 0 Å². The summed E-state index contributed by atoms with van der Waals surface area (Å²) in [5.74, 6) is -0.00554. The molecule has 1 aliphatic heterocycles. The highest BCUT2D eigenvalue weighted by atomic mass is 16.3. The van der Waals surface area contributed by atoms with Crippen molar-refractivity contribution in [1.29, 1.82) is 0 Å². The monoisotopic (exact) mass is 376 g/mol. The number of hydrogen-bond donors (Lipinski definition) is 1. The second kappa shape index (κ2) is 6.71. The van der Waals surface area contributed by atoms with E-state index in [9.17, 15) is 9.90 Å². The summed E-state index contributed by atoms with van der Waals surface area (Å²) in [5, 5.41) is 16.1. The minimum absolute atomic E-state index is 0.0398. The van der Waals surface area contributed by atoms with Gasteiger partial charge in [0.25, 0.3) is 5.91 Å². The number of carbonyl (C=O) groups excluding carboxylic acids is 1. The van der Waals surface area contributed by atoms with Gasteiger partial charge in [-0.05, 0) is 30.9 Å². The van der Waals surface area contributed by atoms with E-state index >= 15 is 0 Å². The van der Waals surface area contributed by atoms with E-state index in [1.807, 2.05) is 35.2 Å². The number of nitrogens with zero attached hydrogens (tertiary/aromatic N) is 4. The lowest BCUT2D eigenvalue weighted by Crippen LogP contribution is -2.59. The highest BCUT2D eigenvalue weighted by molar-refractivity contribution is 5.93. The average molecular weight is 376 g/mol. The molecule has 0 unspecified atom stereocenters. The molecule has 0 bridgehead atoms. The van der Waals surface area contributed by atoms with Crippen LogP contribution < -0.4 is 0 Å². The summed E-state index contributed by atoms with van der Waals surface area (Å²) in [5.41, 5.74) is 1.19. The first kappa shape index (κ1) is 17.4. The standard InChI is InChI=1S/C22H24N4O2/c27-21(18-15-20-23-12-6-13-26(20)24-18)25-14-11-22(28,16-7-2-1-3-8-16)17-9-4-5-10-19(17)25/h1-3,6-8,12-13,15,17,19,28H,4-5,9-11,14H2/t17-,19+,22-/m0/s1. The zero-order valence-corrected chi connectivity index (χ0v) is 15.7. The Morgan fingerprint density at radius 2 is 1.96 bits per heavy atom. The lowest BCUT2D eigenvalue weighted by atomic mass is 9.66. The fourth-order valence-corrected chi connectivity index (χ4v) is 5.10. The summed E-state index contributed by atoms with van der Waals surface area (Å²) in [7, 11) is 0. The molecule has 144 valence electrons. The molecule has 2 fully saturated rings. The Morgan fingerprint density at radius 3 is 2.79 bits per heavy atom. The molecular formula is C22H24N4O2. The molecule has 3 aromatic rings. The van der Waals surface area contributed by atoms with Gasteiger partial charge in [0, 0.05) is 37.0 Å². The molecule has 1 N–H and O–H groups in total. The molecular weight excluding hydrogens is 352 g/mol. The molecule has 28 heavy (non-hydrogen) atoms. The third-order valence-corrected chi connectivity index (χ3v) is 6.47. The van der Waals surface area contributed by atoms with Gasteiger partial charge in [-0.3, -0.25) is 4.79 Å². The van der Waals surface area contributed by atoms with E-state index in [-0.39, 0.29) is 17.9 Å². The predicted molar refractivity (Wildman–Crippen MR) is 105 cm³/mol. The summed E-state index contributed by atoms with van der Waals surface area (Å²) in [6.45, 7) is 0.534. The molecule has 1 amide bonds. The van der Waals surface area contributed by atoms with Gasteiger partial charge < -0.3 is 10.0 Å². The van der Waals surface area contributed by atoms with Gasteiger partial charge in [-0.1, -0.05) is 43.2 Å². The molecule has 6 nitrogen and oxygen atoms in total. The zero-order chi connectivity index (χ0) is 19.1. The van der Waals surface area contributed by atoms with Gasteiger partial charge in [0.05, 0.1) is 5.60 Å². The van der Waals surface area contributed by atoms with Crippen LogP contribution in [0.5, 0.6) is 0 Å². The first-order chi connectivity index (χ1) is 13.7. The fourth-order valence-electron chi connectivity index (χ4n) is 5.10. The lowest BCUT2D eigenvalue weighted by molar-refractivity contribution is -0.110. The van der Waals surface area contributed by atoms with Gasteiger partial charge in [0.2, 0.25) is 0 Å². The van der Waals surface area contributed by atoms with Gasteiger partial charge in [-0.2, -0.15) is 5.10 Å². The van der Waals surface area contributed by atoms with Crippen LogP contribution in [0, 0.1) is 5.92 Å². The smallest absolute Gasteiger partial charge is 0.274 e. The van der Waals surface area contributed by atoms with Crippen LogP contribution in [0.4, 0.5) is 0 Å². The fraction of sp³-hybridized carbons (Fsp3) is 0.409. The summed E-state index contributed by atoms with van der Waals surface area (Å²) in [6.07, 6.45) is 8.09. The maximum Gasteiger partial charge on any atom is 0.274 e. The molecule has 2 aliphatic rings. The Labute approximate surface area is 163 Å². The number of benzene rings is 1. The second-order valence-electron chi connectivity index (χ2n) is 7.95. The Balaban J connectivity index is 1.48. The van der Waals surface area contributed by atoms with E-state index in [0.29, 0.717) is 24.3 Å². The molecule has 3 atom stereocenters. The van der Waals surface area contributed by atoms with Crippen LogP contribution in [0.2, 0.25) is 0 Å². The number of likely N-dealkylation sites (tertiary alicyclic amines) is 1. The van der Waals surface area contributed by atoms with Gasteiger partial charge in [-0.25, -0.2) is 9.50 Å². The number of carbonyl (C=O) groups is 1. The highest BCUT2D eigenvalue weighted by Crippen LogP contribution is 2.47. The van der Waals surface area contributed by atoms with Crippen molar-refractivity contribution < 1.29 is 9.90 Å². The van der Waals surface area contributed by atoms with Crippen molar-refractivity contribution in [1.82, 2.24) is 19.5 Å². The summed E-state index contributed by atoms with van der Waals surface area (Å²) in [4.78, 5) is 19.5. The van der Waals surface area contributed by atoms with Crippen molar-refractivity contribution in [2.24, 2.45) is 5.92 Å². The van der Waals surface area contributed by atoms with Crippen LogP contribution in [0.3, 0.4) is 0 Å². The molecule has 0 spiro atoms. The van der Waals surface area contributed by atoms with E-state index < -0.39 is 5.60 Å². The molecule has 1 saturated heterocycles. The zero-order valence-electron chi connectivity index (χ0n) is 15.7. The van der Waals surface area contributed by atoms with Crippen LogP contribution in [0.1, 0.15) is 48.2 Å². The van der Waals surface area contributed by atoms with Crippen molar-refractivity contribution in [3.8, 4) is 0 Å². The molecule has 6 heteroatoms. The van der Waals surface area contributed by atoms with Crippen LogP contribution >= 0.6 is 0 Å². The third-order valence-electron chi connectivity index (χ3n) is 6.47. The van der Waals surface area contributed by atoms with Crippen LogP contribution in [-0.2, 0) is 5.60 Å². The SMILES string of the molecule is O=C(c1cc2ncccn2n1)N1CC[C@](O)(c2ccccc2)[C@H]2CCCC[C@H]21. The average Bonchev–Trinajstić information content (AvgIpc) is 3.19. The van der Waals surface area contributed by atoms with Crippen molar-refractivity contribution in [3.05, 3.63) is 66.1 Å². The maximum absolute atomic E-state index is 13.3. The molecule has 5 rings (SSSR count). The van der Waals surface area contributed by atoms with Gasteiger partial charge in [0.15, 0.2) is 11.3 Å². The van der Waals surface area contributed by atoms with Gasteiger partial charge in [-0.15, -0.1) is 0 Å². The Kier molecular flexibility index (Phi) is 4.16. The van der Waals surface area contributed by atoms with Crippen molar-refractivity contribution in [2.45, 2.75) is 43.7 Å². The topological polar surface area (TPSA) is 70.7 Å². The molecule has 1 aromatic carbocycles. The Morgan fingerprint density at radius 1 is 1.14 bits per heavy atom. The minimum atomic E-state index is -0.871. The van der Waals surface area contributed by atoms with Gasteiger partial charge in [0.1, 0.15) is 0 Å². The maximum atomic E-state index is 13.3. The summed E-state index contributed by atoms with van der Waals surface area (Å²) >= 11 is 0. The third kappa shape index (κ3) is 2.71. The quantitative estimate of drug-likeness (QED) is 0.746. The van der Waals surface area contributed by atoms with Crippen LogP contribution in [0.25, 0.3) is 5.65 Å². The van der Waals surface area contributed by atoms with Crippen molar-refractivity contribution in [2.75, 3.05) is 6.54 Å². The molecule has 3 heterocycles. The van der Waals surface area contributed by atoms with E-state index in [4.69, 9.17) is 0 Å². The predicted octanol–water partition coefficient (Wildman–Crippen LogP) is 3.02. The largest absolute Gasteiger partial charge is 0.385 e. The van der Waals surface area contributed by atoms with Crippen LogP contribution in [0.15, 0.2) is 54.9 Å². The number of hydrogen-bond acceptors (Lipinski definition) is 4. The first-order valence-electron chi connectivity index (χ1n) is 10.1. The Hall–Kier alpha value is -2.73. The normalized spacial score (nSPS) is 27.5. The number of fused-ring (bicyclic) bond motifs is 2. The Bertz CT molecular complexity index is 969. The molecule has 1 aliphatic carbocycles. The number of aliphatic hydroxyl groups is 1. The van der Waals surface area contributed by atoms with Crippen LogP contribution in [-0.4, -0.2) is 43.1 Å². The summed E-state index contributed by atoms with van der Waals surface area (Å²) in [6, 6.07) is 13.5. The number of piperidine rings is 1. The van der Waals surface area contributed by atoms with Crippen molar-refractivity contribution >= 4 is 11.6 Å². The number of rotatable bonds is 2. The second-order valence-corrected chi connectivity index (χ2v) is 7.95. The highest BCUT2D eigenvalue weighted by Gasteiger charge is 2.50. The number of aromatic nitrogens is 3. The number of amides is 1.